The van der Waals surface area contributed by atoms with Crippen LogP contribution in [-0.4, -0.2) is 25.1 Å². The van der Waals surface area contributed by atoms with Crippen molar-refractivity contribution in [1.29, 1.82) is 5.26 Å². The van der Waals surface area contributed by atoms with Gasteiger partial charge < -0.3 is 4.74 Å². The summed E-state index contributed by atoms with van der Waals surface area (Å²) in [5.74, 6) is 2.52. The minimum absolute atomic E-state index is 0.638. The number of hydrogen-bond donors (Lipinski definition) is 0. The van der Waals surface area contributed by atoms with E-state index in [2.05, 4.69) is 17.0 Å². The Morgan fingerprint density at radius 1 is 1.32 bits per heavy atom. The van der Waals surface area contributed by atoms with Crippen LogP contribution in [0.3, 0.4) is 0 Å². The van der Waals surface area contributed by atoms with Crippen LogP contribution in [0.1, 0.15) is 30.4 Å². The number of ether oxygens (including phenoxy) is 1. The second-order valence-electron chi connectivity index (χ2n) is 5.79. The average Bonchev–Trinajstić information content (AvgIpc) is 2.99. The molecule has 100 valence electrons. The Balaban J connectivity index is 1.69. The Kier molecular flexibility index (Phi) is 3.44. The van der Waals surface area contributed by atoms with Crippen LogP contribution in [0.5, 0.6) is 5.75 Å². The highest BCUT2D eigenvalue weighted by Crippen LogP contribution is 2.38. The predicted molar refractivity (Wildman–Crippen MR) is 73.8 cm³/mol. The molecule has 1 saturated carbocycles. The first-order chi connectivity index (χ1) is 9.30. The lowest BCUT2D eigenvalue weighted by Gasteiger charge is -2.17. The standard InChI is InChI=1S/C16H20N2O/c1-19-16-6-5-12(7-15(16)8-17)9-18-10-13-3-2-4-14(13)11-18/h5-7,13-14H,2-4,9-11H2,1H3. The molecule has 0 amide bonds. The third-order valence-electron chi connectivity index (χ3n) is 4.59. The number of benzene rings is 1. The maximum Gasteiger partial charge on any atom is 0.136 e. The monoisotopic (exact) mass is 256 g/mol. The van der Waals surface area contributed by atoms with E-state index in [1.54, 1.807) is 7.11 Å². The van der Waals surface area contributed by atoms with E-state index in [1.807, 2.05) is 12.1 Å². The van der Waals surface area contributed by atoms with Crippen LogP contribution in [0.25, 0.3) is 0 Å². The molecule has 0 spiro atoms. The molecule has 1 aliphatic carbocycles. The summed E-state index contributed by atoms with van der Waals surface area (Å²) in [6.45, 7) is 3.43. The van der Waals surface area contributed by atoms with Crippen molar-refractivity contribution >= 4 is 0 Å². The number of rotatable bonds is 3. The molecule has 1 aromatic carbocycles. The Bertz CT molecular complexity index is 494. The van der Waals surface area contributed by atoms with Crippen molar-refractivity contribution in [2.45, 2.75) is 25.8 Å². The zero-order valence-electron chi connectivity index (χ0n) is 11.4. The molecule has 0 N–H and O–H groups in total. The number of fused-ring (bicyclic) bond motifs is 1. The summed E-state index contributed by atoms with van der Waals surface area (Å²) in [7, 11) is 1.61. The van der Waals surface area contributed by atoms with Crippen molar-refractivity contribution in [3.8, 4) is 11.8 Å². The zero-order chi connectivity index (χ0) is 13.2. The van der Waals surface area contributed by atoms with E-state index in [0.29, 0.717) is 11.3 Å². The smallest absolute Gasteiger partial charge is 0.136 e. The molecule has 2 aliphatic rings. The molecule has 2 atom stereocenters. The fourth-order valence-corrected chi connectivity index (χ4v) is 3.66. The van der Waals surface area contributed by atoms with Gasteiger partial charge in [-0.05, 0) is 42.4 Å². The van der Waals surface area contributed by atoms with E-state index >= 15 is 0 Å². The van der Waals surface area contributed by atoms with E-state index in [9.17, 15) is 0 Å². The summed E-state index contributed by atoms with van der Waals surface area (Å²) < 4.78 is 5.19. The number of hydrogen-bond acceptors (Lipinski definition) is 3. The highest BCUT2D eigenvalue weighted by atomic mass is 16.5. The van der Waals surface area contributed by atoms with E-state index < -0.39 is 0 Å². The van der Waals surface area contributed by atoms with Crippen LogP contribution >= 0.6 is 0 Å². The maximum atomic E-state index is 9.12. The molecule has 1 aromatic rings. The van der Waals surface area contributed by atoms with Crippen molar-refractivity contribution in [2.24, 2.45) is 11.8 Å². The topological polar surface area (TPSA) is 36.3 Å². The third kappa shape index (κ3) is 2.46. The van der Waals surface area contributed by atoms with E-state index in [-0.39, 0.29) is 0 Å². The number of nitrogens with zero attached hydrogens (tertiary/aromatic N) is 2. The van der Waals surface area contributed by atoms with Crippen molar-refractivity contribution < 1.29 is 4.74 Å². The van der Waals surface area contributed by atoms with Gasteiger partial charge in [0.2, 0.25) is 0 Å². The van der Waals surface area contributed by atoms with Crippen molar-refractivity contribution in [2.75, 3.05) is 20.2 Å². The van der Waals surface area contributed by atoms with E-state index in [0.717, 1.165) is 18.4 Å². The van der Waals surface area contributed by atoms with Crippen LogP contribution in [0.4, 0.5) is 0 Å². The van der Waals surface area contributed by atoms with Gasteiger partial charge in [0.15, 0.2) is 0 Å². The molecule has 2 fully saturated rings. The fourth-order valence-electron chi connectivity index (χ4n) is 3.66. The molecule has 3 rings (SSSR count). The van der Waals surface area contributed by atoms with Gasteiger partial charge in [-0.15, -0.1) is 0 Å². The van der Waals surface area contributed by atoms with Gasteiger partial charge in [-0.1, -0.05) is 12.5 Å². The second-order valence-corrected chi connectivity index (χ2v) is 5.79. The van der Waals surface area contributed by atoms with Crippen LogP contribution in [0.2, 0.25) is 0 Å². The molecule has 1 aliphatic heterocycles. The summed E-state index contributed by atoms with van der Waals surface area (Å²) in [6, 6.07) is 8.16. The normalized spacial score (nSPS) is 26.1. The summed E-state index contributed by atoms with van der Waals surface area (Å²) in [5, 5.41) is 9.12. The van der Waals surface area contributed by atoms with E-state index in [1.165, 1.54) is 37.9 Å². The lowest BCUT2D eigenvalue weighted by molar-refractivity contribution is 0.303. The SMILES string of the molecule is COc1ccc(CN2CC3CCCC3C2)cc1C#N. The molecule has 0 aromatic heterocycles. The zero-order valence-corrected chi connectivity index (χ0v) is 11.4. The molecular formula is C16H20N2O. The van der Waals surface area contributed by atoms with Gasteiger partial charge in [-0.2, -0.15) is 5.26 Å². The minimum atomic E-state index is 0.638. The first-order valence-corrected chi connectivity index (χ1v) is 7.09. The summed E-state index contributed by atoms with van der Waals surface area (Å²) >= 11 is 0. The summed E-state index contributed by atoms with van der Waals surface area (Å²) in [4.78, 5) is 2.54. The molecule has 3 nitrogen and oxygen atoms in total. The minimum Gasteiger partial charge on any atom is -0.495 e. The molecule has 3 heteroatoms. The van der Waals surface area contributed by atoms with Crippen LogP contribution in [0.15, 0.2) is 18.2 Å². The fraction of sp³-hybridized carbons (Fsp3) is 0.562. The highest BCUT2D eigenvalue weighted by molar-refractivity contribution is 5.45. The predicted octanol–water partition coefficient (Wildman–Crippen LogP) is 2.80. The Morgan fingerprint density at radius 3 is 2.68 bits per heavy atom. The van der Waals surface area contributed by atoms with Gasteiger partial charge in [-0.3, -0.25) is 4.90 Å². The summed E-state index contributed by atoms with van der Waals surface area (Å²) in [5.41, 5.74) is 1.86. The van der Waals surface area contributed by atoms with Crippen molar-refractivity contribution in [3.63, 3.8) is 0 Å². The van der Waals surface area contributed by atoms with Crippen LogP contribution < -0.4 is 4.74 Å². The number of methoxy groups -OCH3 is 1. The molecule has 2 unspecified atom stereocenters. The molecule has 19 heavy (non-hydrogen) atoms. The highest BCUT2D eigenvalue weighted by Gasteiger charge is 2.35. The van der Waals surface area contributed by atoms with Crippen LogP contribution in [0, 0.1) is 23.2 Å². The number of likely N-dealkylation sites (tertiary alicyclic amines) is 1. The first-order valence-electron chi connectivity index (χ1n) is 7.09. The van der Waals surface area contributed by atoms with Crippen molar-refractivity contribution in [1.82, 2.24) is 4.90 Å². The van der Waals surface area contributed by atoms with Gasteiger partial charge >= 0.3 is 0 Å². The largest absolute Gasteiger partial charge is 0.495 e. The average molecular weight is 256 g/mol. The quantitative estimate of drug-likeness (QED) is 0.834. The van der Waals surface area contributed by atoms with Gasteiger partial charge in [0.1, 0.15) is 11.8 Å². The first kappa shape index (κ1) is 12.5. The molecule has 0 radical (unpaired) electrons. The van der Waals surface area contributed by atoms with Crippen LogP contribution in [-0.2, 0) is 6.54 Å². The Morgan fingerprint density at radius 2 is 2.05 bits per heavy atom. The van der Waals surface area contributed by atoms with Crippen molar-refractivity contribution in [3.05, 3.63) is 29.3 Å². The van der Waals surface area contributed by atoms with Gasteiger partial charge in [0, 0.05) is 19.6 Å². The molecule has 0 bridgehead atoms. The second kappa shape index (κ2) is 5.22. The lowest BCUT2D eigenvalue weighted by atomic mass is 10.0. The number of nitriles is 1. The molecular weight excluding hydrogens is 236 g/mol. The Labute approximate surface area is 114 Å². The summed E-state index contributed by atoms with van der Waals surface area (Å²) in [6.07, 6.45) is 4.24. The molecule has 1 saturated heterocycles. The van der Waals surface area contributed by atoms with Gasteiger partial charge in [0.05, 0.1) is 12.7 Å². The third-order valence-corrected chi connectivity index (χ3v) is 4.59. The van der Waals surface area contributed by atoms with E-state index in [4.69, 9.17) is 10.00 Å². The van der Waals surface area contributed by atoms with Gasteiger partial charge in [-0.25, -0.2) is 0 Å². The maximum absolute atomic E-state index is 9.12. The Hall–Kier alpha value is -1.53. The van der Waals surface area contributed by atoms with Gasteiger partial charge in [0.25, 0.3) is 0 Å². The molecule has 1 heterocycles. The lowest BCUT2D eigenvalue weighted by Crippen LogP contribution is -2.21.